The predicted octanol–water partition coefficient (Wildman–Crippen LogP) is 4.51. The van der Waals surface area contributed by atoms with E-state index < -0.39 is 6.09 Å². The number of hydrogen-bond donors (Lipinski definition) is 1. The molecule has 1 aromatic rings. The van der Waals surface area contributed by atoms with E-state index in [-0.39, 0.29) is 0 Å². The Morgan fingerprint density at radius 3 is 2.54 bits per heavy atom. The van der Waals surface area contributed by atoms with Gasteiger partial charge in [0.2, 0.25) is 0 Å². The lowest BCUT2D eigenvalue weighted by molar-refractivity contribution is -0.0438. The molecule has 4 nitrogen and oxygen atoms in total. The number of piperidine rings is 1. The summed E-state index contributed by atoms with van der Waals surface area (Å²) >= 11 is 3.73. The van der Waals surface area contributed by atoms with Gasteiger partial charge in [0.05, 0.1) is 0 Å². The Morgan fingerprint density at radius 2 is 1.88 bits per heavy atom. The minimum atomic E-state index is -0.755. The molecule has 1 atom stereocenters. The number of carbonyl (C=O) groups is 1. The number of rotatable bonds is 2. The van der Waals surface area contributed by atoms with Crippen molar-refractivity contribution in [2.24, 2.45) is 5.41 Å². The summed E-state index contributed by atoms with van der Waals surface area (Å²) in [7, 11) is 0. The Balaban J connectivity index is 1.40. The van der Waals surface area contributed by atoms with Crippen LogP contribution in [0.15, 0.2) is 28.7 Å². The molecular weight excluding hydrogens is 368 g/mol. The molecule has 0 radical (unpaired) electrons. The molecular formula is C19H25BrN2O2. The van der Waals surface area contributed by atoms with Gasteiger partial charge in [0, 0.05) is 29.6 Å². The van der Waals surface area contributed by atoms with Crippen LogP contribution >= 0.6 is 15.9 Å². The van der Waals surface area contributed by atoms with E-state index in [1.807, 2.05) is 0 Å². The second-order valence-corrected chi connectivity index (χ2v) is 8.60. The quantitative estimate of drug-likeness (QED) is 0.804. The van der Waals surface area contributed by atoms with Gasteiger partial charge in [0.1, 0.15) is 0 Å². The molecule has 1 saturated carbocycles. The monoisotopic (exact) mass is 392 g/mol. The smallest absolute Gasteiger partial charge is 0.407 e. The second kappa shape index (κ2) is 6.34. The third-order valence-electron chi connectivity index (χ3n) is 6.46. The maximum atomic E-state index is 11.1. The predicted molar refractivity (Wildman–Crippen MR) is 97.1 cm³/mol. The highest BCUT2D eigenvalue weighted by Gasteiger charge is 2.50. The van der Waals surface area contributed by atoms with E-state index >= 15 is 0 Å². The molecule has 2 saturated heterocycles. The molecule has 5 heteroatoms. The minimum absolute atomic E-state index is 0.414. The molecule has 1 amide bonds. The summed E-state index contributed by atoms with van der Waals surface area (Å²) in [5.74, 6) is 0. The van der Waals surface area contributed by atoms with Crippen molar-refractivity contribution in [3.8, 4) is 0 Å². The van der Waals surface area contributed by atoms with E-state index in [9.17, 15) is 4.79 Å². The molecule has 0 bridgehead atoms. The highest BCUT2D eigenvalue weighted by molar-refractivity contribution is 9.10. The van der Waals surface area contributed by atoms with Gasteiger partial charge in [0.25, 0.3) is 0 Å². The highest BCUT2D eigenvalue weighted by atomic mass is 79.9. The molecule has 3 fully saturated rings. The van der Waals surface area contributed by atoms with Crippen LogP contribution in [0.2, 0.25) is 0 Å². The zero-order valence-corrected chi connectivity index (χ0v) is 15.5. The Hall–Kier alpha value is -1.07. The van der Waals surface area contributed by atoms with Crippen molar-refractivity contribution in [1.82, 2.24) is 9.80 Å². The molecule has 3 aliphatic rings. The molecule has 1 N–H and O–H groups in total. The van der Waals surface area contributed by atoms with E-state index in [1.54, 1.807) is 4.90 Å². The fourth-order valence-corrected chi connectivity index (χ4v) is 5.61. The average Bonchev–Trinajstić information content (AvgIpc) is 3.02. The summed E-state index contributed by atoms with van der Waals surface area (Å²) in [6.45, 7) is 2.64. The Labute approximate surface area is 152 Å². The topological polar surface area (TPSA) is 43.8 Å². The molecule has 24 heavy (non-hydrogen) atoms. The fourth-order valence-electron chi connectivity index (χ4n) is 5.06. The Morgan fingerprint density at radius 1 is 1.17 bits per heavy atom. The fraction of sp³-hybridized carbons (Fsp3) is 0.632. The first-order valence-electron chi connectivity index (χ1n) is 9.06. The van der Waals surface area contributed by atoms with Gasteiger partial charge in [-0.3, -0.25) is 4.90 Å². The van der Waals surface area contributed by atoms with Crippen LogP contribution in [0.5, 0.6) is 0 Å². The van der Waals surface area contributed by atoms with Crippen LogP contribution in [0.25, 0.3) is 0 Å². The molecule has 1 aliphatic carbocycles. The molecule has 0 aromatic heterocycles. The first kappa shape index (κ1) is 16.4. The number of amides is 1. The molecule has 1 spiro atoms. The Kier molecular flexibility index (Phi) is 4.33. The van der Waals surface area contributed by atoms with Crippen molar-refractivity contribution in [1.29, 1.82) is 0 Å². The van der Waals surface area contributed by atoms with E-state index in [4.69, 9.17) is 5.11 Å². The van der Waals surface area contributed by atoms with E-state index in [0.717, 1.165) is 25.9 Å². The van der Waals surface area contributed by atoms with Crippen LogP contribution in [-0.4, -0.2) is 46.7 Å². The van der Waals surface area contributed by atoms with Crippen LogP contribution < -0.4 is 0 Å². The standard InChI is InChI=1S/C19H25BrN2O2/c20-16-5-2-1-4-15(16)17-6-3-9-22(17)14-12-19(13-14)7-10-21(11-8-19)18(23)24/h1-2,4-5,14,17H,3,6-13H2,(H,23,24)/t17-/m0/s1. The summed E-state index contributed by atoms with van der Waals surface area (Å²) in [4.78, 5) is 15.4. The number of hydrogen-bond acceptors (Lipinski definition) is 2. The minimum Gasteiger partial charge on any atom is -0.465 e. The van der Waals surface area contributed by atoms with Crippen molar-refractivity contribution >= 4 is 22.0 Å². The largest absolute Gasteiger partial charge is 0.465 e. The van der Waals surface area contributed by atoms with Gasteiger partial charge in [-0.15, -0.1) is 0 Å². The second-order valence-electron chi connectivity index (χ2n) is 7.75. The molecule has 2 aliphatic heterocycles. The van der Waals surface area contributed by atoms with Gasteiger partial charge in [-0.1, -0.05) is 34.1 Å². The summed E-state index contributed by atoms with van der Waals surface area (Å²) in [6.07, 6.45) is 6.37. The summed E-state index contributed by atoms with van der Waals surface area (Å²) in [6, 6.07) is 9.85. The van der Waals surface area contributed by atoms with E-state index in [0.29, 0.717) is 17.5 Å². The normalized spacial score (nSPS) is 27.4. The lowest BCUT2D eigenvalue weighted by Gasteiger charge is -2.55. The number of likely N-dealkylation sites (tertiary alicyclic amines) is 2. The lowest BCUT2D eigenvalue weighted by Crippen LogP contribution is -2.55. The number of carboxylic acid groups (broad SMARTS) is 1. The van der Waals surface area contributed by atoms with Gasteiger partial charge in [-0.25, -0.2) is 4.79 Å². The molecule has 4 rings (SSSR count). The van der Waals surface area contributed by atoms with Crippen molar-refractivity contribution in [2.75, 3.05) is 19.6 Å². The van der Waals surface area contributed by atoms with Gasteiger partial charge < -0.3 is 10.0 Å². The molecule has 130 valence electrons. The van der Waals surface area contributed by atoms with Gasteiger partial charge in [-0.05, 0) is 62.1 Å². The SMILES string of the molecule is O=C(O)N1CCC2(CC1)CC(N1CCC[C@H]1c1ccccc1Br)C2. The van der Waals surface area contributed by atoms with Gasteiger partial charge >= 0.3 is 6.09 Å². The van der Waals surface area contributed by atoms with Crippen molar-refractivity contribution in [3.63, 3.8) is 0 Å². The molecule has 1 aromatic carbocycles. The van der Waals surface area contributed by atoms with Gasteiger partial charge in [0.15, 0.2) is 0 Å². The van der Waals surface area contributed by atoms with Gasteiger partial charge in [-0.2, -0.15) is 0 Å². The van der Waals surface area contributed by atoms with Crippen LogP contribution in [0, 0.1) is 5.41 Å². The van der Waals surface area contributed by atoms with Crippen molar-refractivity contribution in [3.05, 3.63) is 34.3 Å². The third-order valence-corrected chi connectivity index (χ3v) is 7.18. The van der Waals surface area contributed by atoms with Crippen LogP contribution in [-0.2, 0) is 0 Å². The summed E-state index contributed by atoms with van der Waals surface area (Å²) in [5, 5.41) is 9.12. The number of nitrogens with zero attached hydrogens (tertiary/aromatic N) is 2. The van der Waals surface area contributed by atoms with E-state index in [1.165, 1.54) is 42.3 Å². The van der Waals surface area contributed by atoms with Crippen molar-refractivity contribution < 1.29 is 9.90 Å². The summed E-state index contributed by atoms with van der Waals surface area (Å²) in [5.41, 5.74) is 1.84. The van der Waals surface area contributed by atoms with Crippen molar-refractivity contribution in [2.45, 2.75) is 50.6 Å². The molecule has 0 unspecified atom stereocenters. The maximum Gasteiger partial charge on any atom is 0.407 e. The van der Waals surface area contributed by atoms with Crippen LogP contribution in [0.3, 0.4) is 0 Å². The zero-order chi connectivity index (χ0) is 16.7. The lowest BCUT2D eigenvalue weighted by atomic mass is 9.60. The maximum absolute atomic E-state index is 11.1. The van der Waals surface area contributed by atoms with Crippen LogP contribution in [0.1, 0.15) is 50.1 Å². The highest BCUT2D eigenvalue weighted by Crippen LogP contribution is 2.53. The first-order valence-corrected chi connectivity index (χ1v) is 9.85. The Bertz CT molecular complexity index is 620. The third kappa shape index (κ3) is 2.86. The number of benzene rings is 1. The zero-order valence-electron chi connectivity index (χ0n) is 14.0. The summed E-state index contributed by atoms with van der Waals surface area (Å²) < 4.78 is 1.23. The number of halogens is 1. The van der Waals surface area contributed by atoms with E-state index in [2.05, 4.69) is 45.1 Å². The molecule has 2 heterocycles. The van der Waals surface area contributed by atoms with Crippen LogP contribution in [0.4, 0.5) is 4.79 Å². The average molecular weight is 393 g/mol. The first-order chi connectivity index (χ1) is 11.6.